The highest BCUT2D eigenvalue weighted by Gasteiger charge is 2.12. The van der Waals surface area contributed by atoms with E-state index in [0.717, 1.165) is 17.2 Å². The van der Waals surface area contributed by atoms with Crippen LogP contribution in [0.25, 0.3) is 0 Å². The van der Waals surface area contributed by atoms with Crippen LogP contribution in [-0.2, 0) is 6.54 Å². The van der Waals surface area contributed by atoms with Crippen LogP contribution in [0.4, 0.5) is 16.0 Å². The van der Waals surface area contributed by atoms with Crippen molar-refractivity contribution in [3.63, 3.8) is 0 Å². The van der Waals surface area contributed by atoms with Gasteiger partial charge in [-0.05, 0) is 24.1 Å². The van der Waals surface area contributed by atoms with Gasteiger partial charge in [0.2, 0.25) is 0 Å². The van der Waals surface area contributed by atoms with Crippen LogP contribution >= 0.6 is 0 Å². The Morgan fingerprint density at radius 1 is 1.05 bits per heavy atom. The van der Waals surface area contributed by atoms with Gasteiger partial charge in [-0.25, -0.2) is 14.4 Å². The molecule has 0 aliphatic rings. The lowest BCUT2D eigenvalue weighted by Gasteiger charge is -2.23. The highest BCUT2D eigenvalue weighted by atomic mass is 19.1. The van der Waals surface area contributed by atoms with Crippen molar-refractivity contribution in [1.29, 1.82) is 0 Å². The van der Waals surface area contributed by atoms with Crippen molar-refractivity contribution >= 4 is 11.6 Å². The fraction of sp³-hybridized carbons (Fsp3) is 0.333. The summed E-state index contributed by atoms with van der Waals surface area (Å²) >= 11 is 0. The Labute approximate surface area is 118 Å². The third-order valence-corrected chi connectivity index (χ3v) is 3.10. The molecule has 20 heavy (non-hydrogen) atoms. The lowest BCUT2D eigenvalue weighted by atomic mass is 10.1. The highest BCUT2D eigenvalue weighted by molar-refractivity contribution is 5.61. The molecule has 0 bridgehead atoms. The fourth-order valence-electron chi connectivity index (χ4n) is 1.99. The standard InChI is InChI=1S/C15H19FN4/c1-11-5-6-12(9-13(11)16)10-20(4)15-14(19(2)3)17-7-8-18-15/h5-9H,10H2,1-4H3. The summed E-state index contributed by atoms with van der Waals surface area (Å²) in [5.41, 5.74) is 1.57. The number of anilines is 2. The van der Waals surface area contributed by atoms with Crippen LogP contribution in [0.15, 0.2) is 30.6 Å². The van der Waals surface area contributed by atoms with Crippen LogP contribution in [0.1, 0.15) is 11.1 Å². The summed E-state index contributed by atoms with van der Waals surface area (Å²) in [6.07, 6.45) is 3.33. The monoisotopic (exact) mass is 274 g/mol. The van der Waals surface area contributed by atoms with E-state index in [1.807, 2.05) is 37.0 Å². The summed E-state index contributed by atoms with van der Waals surface area (Å²) < 4.78 is 13.6. The van der Waals surface area contributed by atoms with Gasteiger partial charge in [0.1, 0.15) is 5.82 Å². The third-order valence-electron chi connectivity index (χ3n) is 3.10. The zero-order valence-corrected chi connectivity index (χ0v) is 12.3. The van der Waals surface area contributed by atoms with Gasteiger partial charge in [-0.15, -0.1) is 0 Å². The van der Waals surface area contributed by atoms with E-state index in [1.54, 1.807) is 31.5 Å². The summed E-state index contributed by atoms with van der Waals surface area (Å²) in [5.74, 6) is 1.39. The topological polar surface area (TPSA) is 32.3 Å². The van der Waals surface area contributed by atoms with Crippen LogP contribution < -0.4 is 9.80 Å². The Balaban J connectivity index is 2.23. The predicted octanol–water partition coefficient (Wildman–Crippen LogP) is 2.63. The average Bonchev–Trinajstić information content (AvgIpc) is 2.43. The van der Waals surface area contributed by atoms with Crippen molar-refractivity contribution in [2.24, 2.45) is 0 Å². The lowest BCUT2D eigenvalue weighted by Crippen LogP contribution is -2.22. The molecule has 1 heterocycles. The van der Waals surface area contributed by atoms with Gasteiger partial charge >= 0.3 is 0 Å². The second-order valence-corrected chi connectivity index (χ2v) is 5.04. The molecule has 0 fully saturated rings. The smallest absolute Gasteiger partial charge is 0.172 e. The minimum atomic E-state index is -0.178. The molecule has 0 saturated carbocycles. The summed E-state index contributed by atoms with van der Waals surface area (Å²) in [4.78, 5) is 12.6. The molecule has 4 nitrogen and oxygen atoms in total. The molecular formula is C15H19FN4. The Hall–Kier alpha value is -2.17. The number of halogens is 1. The average molecular weight is 274 g/mol. The molecule has 0 amide bonds. The van der Waals surface area contributed by atoms with Crippen molar-refractivity contribution in [1.82, 2.24) is 9.97 Å². The van der Waals surface area contributed by atoms with Crippen LogP contribution in [0, 0.1) is 12.7 Å². The van der Waals surface area contributed by atoms with Crippen molar-refractivity contribution in [2.45, 2.75) is 13.5 Å². The molecule has 1 aromatic heterocycles. The molecule has 0 aliphatic heterocycles. The first kappa shape index (κ1) is 14.2. The molecule has 0 spiro atoms. The van der Waals surface area contributed by atoms with E-state index in [4.69, 9.17) is 0 Å². The fourth-order valence-corrected chi connectivity index (χ4v) is 1.99. The summed E-state index contributed by atoms with van der Waals surface area (Å²) in [6, 6.07) is 5.29. The lowest BCUT2D eigenvalue weighted by molar-refractivity contribution is 0.615. The van der Waals surface area contributed by atoms with Gasteiger partial charge in [-0.2, -0.15) is 0 Å². The third kappa shape index (κ3) is 3.04. The molecule has 0 radical (unpaired) electrons. The maximum Gasteiger partial charge on any atom is 0.172 e. The van der Waals surface area contributed by atoms with E-state index < -0.39 is 0 Å². The molecule has 1 aromatic carbocycles. The Morgan fingerprint density at radius 2 is 1.70 bits per heavy atom. The van der Waals surface area contributed by atoms with Crippen LogP contribution in [0.3, 0.4) is 0 Å². The second kappa shape index (κ2) is 5.86. The van der Waals surface area contributed by atoms with E-state index >= 15 is 0 Å². The Bertz CT molecular complexity index is 598. The van der Waals surface area contributed by atoms with Gasteiger partial charge in [-0.1, -0.05) is 12.1 Å². The minimum Gasteiger partial charge on any atom is -0.360 e. The van der Waals surface area contributed by atoms with E-state index in [1.165, 1.54) is 0 Å². The van der Waals surface area contributed by atoms with Crippen molar-refractivity contribution in [3.8, 4) is 0 Å². The quantitative estimate of drug-likeness (QED) is 0.858. The minimum absolute atomic E-state index is 0.178. The Kier molecular flexibility index (Phi) is 4.17. The number of aromatic nitrogens is 2. The second-order valence-electron chi connectivity index (χ2n) is 5.04. The van der Waals surface area contributed by atoms with Crippen LogP contribution in [0.2, 0.25) is 0 Å². The summed E-state index contributed by atoms with van der Waals surface area (Å²) in [7, 11) is 5.77. The SMILES string of the molecule is Cc1ccc(CN(C)c2nccnc2N(C)C)cc1F. The van der Waals surface area contributed by atoms with Crippen molar-refractivity contribution in [3.05, 3.63) is 47.5 Å². The zero-order valence-electron chi connectivity index (χ0n) is 12.3. The van der Waals surface area contributed by atoms with Gasteiger partial charge in [-0.3, -0.25) is 0 Å². The number of benzene rings is 1. The predicted molar refractivity (Wildman–Crippen MR) is 79.6 cm³/mol. The largest absolute Gasteiger partial charge is 0.360 e. The van der Waals surface area contributed by atoms with Gasteiger partial charge < -0.3 is 9.80 Å². The normalized spacial score (nSPS) is 10.4. The van der Waals surface area contributed by atoms with E-state index in [-0.39, 0.29) is 5.82 Å². The first-order chi connectivity index (χ1) is 9.49. The van der Waals surface area contributed by atoms with Gasteiger partial charge in [0.25, 0.3) is 0 Å². The molecule has 2 aromatic rings. The van der Waals surface area contributed by atoms with Crippen LogP contribution in [-0.4, -0.2) is 31.1 Å². The van der Waals surface area contributed by atoms with Gasteiger partial charge in [0, 0.05) is 40.1 Å². The summed E-state index contributed by atoms with van der Waals surface area (Å²) in [6.45, 7) is 2.34. The highest BCUT2D eigenvalue weighted by Crippen LogP contribution is 2.23. The first-order valence-electron chi connectivity index (χ1n) is 6.43. The van der Waals surface area contributed by atoms with E-state index in [0.29, 0.717) is 12.1 Å². The maximum absolute atomic E-state index is 13.6. The number of hydrogen-bond acceptors (Lipinski definition) is 4. The Morgan fingerprint density at radius 3 is 2.30 bits per heavy atom. The summed E-state index contributed by atoms with van der Waals surface area (Å²) in [5, 5.41) is 0. The molecule has 0 N–H and O–H groups in total. The molecule has 5 heteroatoms. The molecule has 0 aliphatic carbocycles. The van der Waals surface area contributed by atoms with E-state index in [9.17, 15) is 4.39 Å². The van der Waals surface area contributed by atoms with Crippen LogP contribution in [0.5, 0.6) is 0 Å². The van der Waals surface area contributed by atoms with Gasteiger partial charge in [0.05, 0.1) is 0 Å². The number of rotatable bonds is 4. The molecule has 2 rings (SSSR count). The van der Waals surface area contributed by atoms with Gasteiger partial charge in [0.15, 0.2) is 11.6 Å². The molecule has 0 saturated heterocycles. The van der Waals surface area contributed by atoms with Crippen molar-refractivity contribution in [2.75, 3.05) is 30.9 Å². The number of aryl methyl sites for hydroxylation is 1. The van der Waals surface area contributed by atoms with E-state index in [2.05, 4.69) is 9.97 Å². The molecule has 106 valence electrons. The molecule has 0 atom stereocenters. The van der Waals surface area contributed by atoms with Crippen molar-refractivity contribution < 1.29 is 4.39 Å². The first-order valence-corrected chi connectivity index (χ1v) is 6.43. The molecular weight excluding hydrogens is 255 g/mol. The number of hydrogen-bond donors (Lipinski definition) is 0. The molecule has 0 unspecified atom stereocenters. The maximum atomic E-state index is 13.6. The zero-order chi connectivity index (χ0) is 14.7. The number of nitrogens with zero attached hydrogens (tertiary/aromatic N) is 4.